The summed E-state index contributed by atoms with van der Waals surface area (Å²) >= 11 is 0. The fourth-order valence-electron chi connectivity index (χ4n) is 3.91. The minimum absolute atomic E-state index is 0. The fraction of sp³-hybridized carbons (Fsp3) is 0.600. The van der Waals surface area contributed by atoms with Gasteiger partial charge in [0.05, 0.1) is 18.7 Å². The number of amides is 1. The highest BCUT2D eigenvalue weighted by Gasteiger charge is 2.24. The number of hydrogen-bond acceptors (Lipinski definition) is 5. The van der Waals surface area contributed by atoms with Gasteiger partial charge in [0.25, 0.3) is 0 Å². The van der Waals surface area contributed by atoms with Crippen LogP contribution >= 0.6 is 12.4 Å². The van der Waals surface area contributed by atoms with Crippen molar-refractivity contribution in [2.75, 3.05) is 33.3 Å². The van der Waals surface area contributed by atoms with E-state index in [0.717, 1.165) is 64.0 Å². The Morgan fingerprint density at radius 2 is 2.15 bits per heavy atom. The summed E-state index contributed by atoms with van der Waals surface area (Å²) in [4.78, 5) is 26.3. The molecule has 2 fully saturated rings. The number of methoxy groups -OCH3 is 1. The highest BCUT2D eigenvalue weighted by atomic mass is 35.5. The number of nitrogens with one attached hydrogen (secondary N) is 2. The van der Waals surface area contributed by atoms with Crippen LogP contribution in [-0.4, -0.2) is 56.1 Å². The first-order valence-corrected chi connectivity index (χ1v) is 9.56. The molecule has 2 aliphatic heterocycles. The van der Waals surface area contributed by atoms with Crippen molar-refractivity contribution in [3.05, 3.63) is 35.4 Å². The van der Waals surface area contributed by atoms with E-state index in [0.29, 0.717) is 11.5 Å². The molecule has 2 saturated heterocycles. The number of halogens is 1. The van der Waals surface area contributed by atoms with Crippen LogP contribution in [0.5, 0.6) is 0 Å². The maximum atomic E-state index is 12.2. The Hall–Kier alpha value is -1.63. The molecule has 3 rings (SSSR count). The van der Waals surface area contributed by atoms with Crippen LogP contribution < -0.4 is 10.6 Å². The first kappa shape index (κ1) is 21.7. The normalized spacial score (nSPS) is 22.7. The first-order valence-electron chi connectivity index (χ1n) is 9.56. The van der Waals surface area contributed by atoms with Crippen molar-refractivity contribution in [2.24, 2.45) is 5.92 Å². The van der Waals surface area contributed by atoms with E-state index in [9.17, 15) is 9.59 Å². The summed E-state index contributed by atoms with van der Waals surface area (Å²) in [7, 11) is 1.40. The molecule has 0 radical (unpaired) electrons. The Kier molecular flexibility index (Phi) is 8.54. The van der Waals surface area contributed by atoms with E-state index >= 15 is 0 Å². The van der Waals surface area contributed by atoms with Crippen LogP contribution in [0, 0.1) is 5.92 Å². The minimum atomic E-state index is -0.299. The molecule has 2 unspecified atom stereocenters. The highest BCUT2D eigenvalue weighted by Crippen LogP contribution is 2.19. The van der Waals surface area contributed by atoms with Crippen LogP contribution in [0.25, 0.3) is 0 Å². The van der Waals surface area contributed by atoms with Gasteiger partial charge in [0.2, 0.25) is 5.91 Å². The molecule has 0 bridgehead atoms. The molecule has 1 aromatic rings. The van der Waals surface area contributed by atoms with E-state index in [1.807, 2.05) is 18.2 Å². The third-order valence-electron chi connectivity index (χ3n) is 5.30. The van der Waals surface area contributed by atoms with E-state index in [1.165, 1.54) is 7.11 Å². The lowest BCUT2D eigenvalue weighted by atomic mass is 9.97. The average molecular weight is 396 g/mol. The summed E-state index contributed by atoms with van der Waals surface area (Å²) in [6, 6.07) is 7.63. The quantitative estimate of drug-likeness (QED) is 0.721. The maximum Gasteiger partial charge on any atom is 0.337 e. The standard InChI is InChI=1S/C20H29N3O3.ClH/c1-26-20(25)17-7-2-5-15(11-17)13-23-10-4-6-16(14-23)12-22-19(24)18-8-3-9-21-18;/h2,5,7,11,16,18,21H,3-4,6,8-10,12-14H2,1H3,(H,22,24);1H. The smallest absolute Gasteiger partial charge is 0.337 e. The molecule has 0 saturated carbocycles. The van der Waals surface area contributed by atoms with Crippen molar-refractivity contribution < 1.29 is 14.3 Å². The maximum absolute atomic E-state index is 12.2. The van der Waals surface area contributed by atoms with E-state index in [1.54, 1.807) is 6.07 Å². The number of likely N-dealkylation sites (tertiary alicyclic amines) is 1. The van der Waals surface area contributed by atoms with Crippen LogP contribution in [0.4, 0.5) is 0 Å². The highest BCUT2D eigenvalue weighted by molar-refractivity contribution is 5.89. The molecule has 1 aromatic carbocycles. The van der Waals surface area contributed by atoms with Crippen molar-refractivity contribution >= 4 is 24.3 Å². The summed E-state index contributed by atoms with van der Waals surface area (Å²) < 4.78 is 4.80. The Morgan fingerprint density at radius 3 is 2.89 bits per heavy atom. The van der Waals surface area contributed by atoms with Gasteiger partial charge in [0, 0.05) is 19.6 Å². The van der Waals surface area contributed by atoms with Gasteiger partial charge in [-0.1, -0.05) is 12.1 Å². The van der Waals surface area contributed by atoms with Crippen LogP contribution in [0.15, 0.2) is 24.3 Å². The number of carbonyl (C=O) groups is 2. The van der Waals surface area contributed by atoms with Crippen molar-refractivity contribution in [3.8, 4) is 0 Å². The van der Waals surface area contributed by atoms with Crippen LogP contribution in [0.2, 0.25) is 0 Å². The van der Waals surface area contributed by atoms with Crippen LogP contribution in [0.3, 0.4) is 0 Å². The molecule has 0 aromatic heterocycles. The summed E-state index contributed by atoms with van der Waals surface area (Å²) in [5.74, 6) is 0.329. The Bertz CT molecular complexity index is 635. The Morgan fingerprint density at radius 1 is 1.30 bits per heavy atom. The number of ether oxygens (including phenoxy) is 1. The van der Waals surface area contributed by atoms with Crippen molar-refractivity contribution in [3.63, 3.8) is 0 Å². The number of carbonyl (C=O) groups excluding carboxylic acids is 2. The predicted octanol–water partition coefficient (Wildman–Crippen LogP) is 1.98. The molecule has 6 nitrogen and oxygen atoms in total. The predicted molar refractivity (Wildman–Crippen MR) is 107 cm³/mol. The fourth-order valence-corrected chi connectivity index (χ4v) is 3.91. The lowest BCUT2D eigenvalue weighted by molar-refractivity contribution is -0.123. The van der Waals surface area contributed by atoms with Gasteiger partial charge in [0.15, 0.2) is 0 Å². The van der Waals surface area contributed by atoms with Crippen LogP contribution in [0.1, 0.15) is 41.6 Å². The monoisotopic (exact) mass is 395 g/mol. The van der Waals surface area contributed by atoms with Gasteiger partial charge in [0.1, 0.15) is 0 Å². The zero-order chi connectivity index (χ0) is 18.4. The second-order valence-electron chi connectivity index (χ2n) is 7.33. The molecule has 0 spiro atoms. The van der Waals surface area contributed by atoms with E-state index in [2.05, 4.69) is 15.5 Å². The summed E-state index contributed by atoms with van der Waals surface area (Å²) in [6.07, 6.45) is 4.31. The summed E-state index contributed by atoms with van der Waals surface area (Å²) in [5, 5.41) is 6.37. The molecule has 2 aliphatic rings. The van der Waals surface area contributed by atoms with Crippen molar-refractivity contribution in [1.82, 2.24) is 15.5 Å². The van der Waals surface area contributed by atoms with Crippen LogP contribution in [-0.2, 0) is 16.1 Å². The van der Waals surface area contributed by atoms with Gasteiger partial charge in [-0.25, -0.2) is 4.79 Å². The minimum Gasteiger partial charge on any atom is -0.465 e. The molecule has 2 N–H and O–H groups in total. The molecular formula is C20H30ClN3O3. The van der Waals surface area contributed by atoms with E-state index in [4.69, 9.17) is 4.74 Å². The summed E-state index contributed by atoms with van der Waals surface area (Å²) in [6.45, 7) is 4.53. The number of hydrogen-bond donors (Lipinski definition) is 2. The van der Waals surface area contributed by atoms with Gasteiger partial charge in [-0.2, -0.15) is 0 Å². The molecule has 27 heavy (non-hydrogen) atoms. The number of piperidine rings is 1. The van der Waals surface area contributed by atoms with Gasteiger partial charge < -0.3 is 15.4 Å². The van der Waals surface area contributed by atoms with Crippen molar-refractivity contribution in [2.45, 2.75) is 38.3 Å². The van der Waals surface area contributed by atoms with Gasteiger partial charge in [-0.15, -0.1) is 12.4 Å². The molecule has 2 atom stereocenters. The van der Waals surface area contributed by atoms with Crippen molar-refractivity contribution in [1.29, 1.82) is 0 Å². The average Bonchev–Trinajstić information content (AvgIpc) is 3.21. The second kappa shape index (κ2) is 10.6. The third kappa shape index (κ3) is 6.19. The van der Waals surface area contributed by atoms with Gasteiger partial charge in [-0.05, 0) is 62.4 Å². The lowest BCUT2D eigenvalue weighted by Crippen LogP contribution is -2.45. The Labute approximate surface area is 167 Å². The number of benzene rings is 1. The van der Waals surface area contributed by atoms with Gasteiger partial charge in [-0.3, -0.25) is 9.69 Å². The molecule has 2 heterocycles. The second-order valence-corrected chi connectivity index (χ2v) is 7.33. The Balaban J connectivity index is 0.00000261. The molecular weight excluding hydrogens is 366 g/mol. The van der Waals surface area contributed by atoms with Gasteiger partial charge >= 0.3 is 5.97 Å². The zero-order valence-electron chi connectivity index (χ0n) is 15.9. The first-order chi connectivity index (χ1) is 12.7. The molecule has 7 heteroatoms. The SMILES string of the molecule is COC(=O)c1cccc(CN2CCCC(CNC(=O)C3CCCN3)C2)c1.Cl. The zero-order valence-corrected chi connectivity index (χ0v) is 16.7. The molecule has 1 amide bonds. The summed E-state index contributed by atoms with van der Waals surface area (Å²) in [5.41, 5.74) is 1.71. The molecule has 0 aliphatic carbocycles. The molecule has 150 valence electrons. The van der Waals surface area contributed by atoms with E-state index in [-0.39, 0.29) is 30.3 Å². The number of rotatable bonds is 6. The largest absolute Gasteiger partial charge is 0.465 e. The third-order valence-corrected chi connectivity index (χ3v) is 5.30. The van der Waals surface area contributed by atoms with E-state index < -0.39 is 0 Å². The topological polar surface area (TPSA) is 70.7 Å². The number of esters is 1. The lowest BCUT2D eigenvalue weighted by Gasteiger charge is -2.33. The number of nitrogens with zero attached hydrogens (tertiary/aromatic N) is 1.